The molecule has 0 spiro atoms. The predicted molar refractivity (Wildman–Crippen MR) is 91.3 cm³/mol. The minimum Gasteiger partial charge on any atom is -0.480 e. The number of rotatable bonds is 6. The molecule has 0 radical (unpaired) electrons. The van der Waals surface area contributed by atoms with Gasteiger partial charge in [-0.25, -0.2) is 9.59 Å². The van der Waals surface area contributed by atoms with Crippen LogP contribution in [0.15, 0.2) is 48.5 Å². The lowest BCUT2D eigenvalue weighted by Crippen LogP contribution is -2.36. The van der Waals surface area contributed by atoms with Gasteiger partial charge in [-0.05, 0) is 29.2 Å². The Bertz CT molecular complexity index is 743. The third kappa shape index (κ3) is 3.80. The average molecular weight is 341 g/mol. The summed E-state index contributed by atoms with van der Waals surface area (Å²) in [5.41, 5.74) is 4.58. The summed E-state index contributed by atoms with van der Waals surface area (Å²) in [5, 5.41) is 11.0. The van der Waals surface area contributed by atoms with E-state index < -0.39 is 24.9 Å². The van der Waals surface area contributed by atoms with Crippen molar-refractivity contribution in [2.75, 3.05) is 13.2 Å². The summed E-state index contributed by atoms with van der Waals surface area (Å²) in [5.74, 6) is -1.12. The standard InChI is InChI=1S/C19H19NO5/c1-12(24-11-18(21)22)20-19(23)25-10-17-15-8-4-2-6-13(15)14-7-3-5-9-16(14)17/h2-9,12,17H,10-11H2,1H3,(H,20,23)(H,21,22). The Kier molecular flexibility index (Phi) is 5.00. The van der Waals surface area contributed by atoms with Gasteiger partial charge in [-0.3, -0.25) is 5.32 Å². The molecule has 25 heavy (non-hydrogen) atoms. The van der Waals surface area contributed by atoms with Gasteiger partial charge in [0.2, 0.25) is 0 Å². The Morgan fingerprint density at radius 1 is 1.08 bits per heavy atom. The number of amides is 1. The van der Waals surface area contributed by atoms with E-state index in [9.17, 15) is 9.59 Å². The summed E-state index contributed by atoms with van der Waals surface area (Å²) in [6.45, 7) is 1.26. The lowest BCUT2D eigenvalue weighted by Gasteiger charge is -2.17. The van der Waals surface area contributed by atoms with Gasteiger partial charge in [0.05, 0.1) is 0 Å². The highest BCUT2D eigenvalue weighted by atomic mass is 16.6. The van der Waals surface area contributed by atoms with Crippen LogP contribution in [0.4, 0.5) is 4.79 Å². The van der Waals surface area contributed by atoms with E-state index in [1.54, 1.807) is 6.92 Å². The Labute approximate surface area is 145 Å². The van der Waals surface area contributed by atoms with E-state index in [0.717, 1.165) is 22.3 Å². The number of benzene rings is 2. The van der Waals surface area contributed by atoms with Crippen LogP contribution in [0, 0.1) is 0 Å². The van der Waals surface area contributed by atoms with Crippen LogP contribution in [-0.2, 0) is 14.3 Å². The molecule has 0 heterocycles. The van der Waals surface area contributed by atoms with Crippen molar-refractivity contribution in [1.29, 1.82) is 0 Å². The lowest BCUT2D eigenvalue weighted by molar-refractivity contribution is -0.144. The number of aliphatic carboxylic acids is 1. The van der Waals surface area contributed by atoms with E-state index in [2.05, 4.69) is 17.4 Å². The normalized spacial score (nSPS) is 13.6. The minimum atomic E-state index is -1.10. The average Bonchev–Trinajstić information content (AvgIpc) is 2.92. The molecule has 1 aliphatic carbocycles. The molecule has 1 atom stereocenters. The van der Waals surface area contributed by atoms with Crippen molar-refractivity contribution in [3.63, 3.8) is 0 Å². The molecule has 1 aliphatic rings. The number of fused-ring (bicyclic) bond motifs is 3. The van der Waals surface area contributed by atoms with E-state index in [1.165, 1.54) is 0 Å². The smallest absolute Gasteiger partial charge is 0.409 e. The first-order valence-electron chi connectivity index (χ1n) is 8.01. The number of ether oxygens (including phenoxy) is 2. The van der Waals surface area contributed by atoms with Crippen LogP contribution >= 0.6 is 0 Å². The van der Waals surface area contributed by atoms with Crippen molar-refractivity contribution in [2.45, 2.75) is 19.1 Å². The maximum atomic E-state index is 11.9. The van der Waals surface area contributed by atoms with Crippen LogP contribution in [0.25, 0.3) is 11.1 Å². The number of carbonyl (C=O) groups is 2. The Morgan fingerprint density at radius 2 is 1.64 bits per heavy atom. The van der Waals surface area contributed by atoms with E-state index in [1.807, 2.05) is 36.4 Å². The minimum absolute atomic E-state index is 0.0200. The molecule has 0 fully saturated rings. The van der Waals surface area contributed by atoms with E-state index >= 15 is 0 Å². The molecule has 6 nitrogen and oxygen atoms in total. The maximum Gasteiger partial charge on any atom is 0.409 e. The SMILES string of the molecule is CC(NC(=O)OCC1c2ccccc2-c2ccccc21)OCC(=O)O. The zero-order chi connectivity index (χ0) is 17.8. The first-order valence-corrected chi connectivity index (χ1v) is 8.01. The number of hydrogen-bond acceptors (Lipinski definition) is 4. The summed E-state index contributed by atoms with van der Waals surface area (Å²) in [4.78, 5) is 22.4. The lowest BCUT2D eigenvalue weighted by atomic mass is 9.98. The Balaban J connectivity index is 1.63. The number of carboxylic acids is 1. The highest BCUT2D eigenvalue weighted by Crippen LogP contribution is 2.44. The fourth-order valence-corrected chi connectivity index (χ4v) is 3.04. The number of carbonyl (C=O) groups excluding carboxylic acids is 1. The second-order valence-electron chi connectivity index (χ2n) is 5.82. The third-order valence-corrected chi connectivity index (χ3v) is 4.12. The highest BCUT2D eigenvalue weighted by molar-refractivity contribution is 5.79. The van der Waals surface area contributed by atoms with Crippen LogP contribution in [0.2, 0.25) is 0 Å². The van der Waals surface area contributed by atoms with Crippen molar-refractivity contribution in [1.82, 2.24) is 5.32 Å². The fourth-order valence-electron chi connectivity index (χ4n) is 3.04. The third-order valence-electron chi connectivity index (χ3n) is 4.12. The van der Waals surface area contributed by atoms with Gasteiger partial charge in [0, 0.05) is 5.92 Å². The molecule has 2 aromatic carbocycles. The molecule has 6 heteroatoms. The summed E-state index contributed by atoms with van der Waals surface area (Å²) < 4.78 is 10.3. The van der Waals surface area contributed by atoms with Crippen molar-refractivity contribution in [2.24, 2.45) is 0 Å². The number of hydrogen-bond donors (Lipinski definition) is 2. The topological polar surface area (TPSA) is 84.9 Å². The van der Waals surface area contributed by atoms with Crippen molar-refractivity contribution < 1.29 is 24.2 Å². The molecule has 2 N–H and O–H groups in total. The van der Waals surface area contributed by atoms with Crippen LogP contribution in [-0.4, -0.2) is 36.6 Å². The molecule has 0 bridgehead atoms. The van der Waals surface area contributed by atoms with Crippen LogP contribution < -0.4 is 5.32 Å². The zero-order valence-corrected chi connectivity index (χ0v) is 13.8. The monoisotopic (exact) mass is 341 g/mol. The quantitative estimate of drug-likeness (QED) is 0.789. The van der Waals surface area contributed by atoms with Crippen molar-refractivity contribution in [3.05, 3.63) is 59.7 Å². The Hall–Kier alpha value is -2.86. The van der Waals surface area contributed by atoms with E-state index in [4.69, 9.17) is 14.6 Å². The molecule has 1 unspecified atom stereocenters. The first-order chi connectivity index (χ1) is 12.1. The van der Waals surface area contributed by atoms with E-state index in [-0.39, 0.29) is 12.5 Å². The molecule has 0 aliphatic heterocycles. The molecule has 1 amide bonds. The van der Waals surface area contributed by atoms with E-state index in [0.29, 0.717) is 0 Å². The number of carboxylic acid groups (broad SMARTS) is 1. The first kappa shape index (κ1) is 17.0. The van der Waals surface area contributed by atoms with Gasteiger partial charge in [0.25, 0.3) is 0 Å². The predicted octanol–water partition coefficient (Wildman–Crippen LogP) is 2.97. The van der Waals surface area contributed by atoms with Gasteiger partial charge in [0.1, 0.15) is 19.4 Å². The molecular weight excluding hydrogens is 322 g/mol. The summed E-state index contributed by atoms with van der Waals surface area (Å²) in [7, 11) is 0. The second kappa shape index (κ2) is 7.36. The second-order valence-corrected chi connectivity index (χ2v) is 5.82. The molecule has 0 saturated carbocycles. The van der Waals surface area contributed by atoms with Crippen molar-refractivity contribution in [3.8, 4) is 11.1 Å². The van der Waals surface area contributed by atoms with Crippen LogP contribution in [0.1, 0.15) is 24.0 Å². The fraction of sp³-hybridized carbons (Fsp3) is 0.263. The van der Waals surface area contributed by atoms with Gasteiger partial charge in [-0.15, -0.1) is 0 Å². The molecule has 0 saturated heterocycles. The molecular formula is C19H19NO5. The summed E-state index contributed by atoms with van der Waals surface area (Å²) in [6.07, 6.45) is -1.38. The Morgan fingerprint density at radius 3 is 2.20 bits per heavy atom. The molecule has 130 valence electrons. The van der Waals surface area contributed by atoms with Crippen LogP contribution in [0.5, 0.6) is 0 Å². The largest absolute Gasteiger partial charge is 0.480 e. The maximum absolute atomic E-state index is 11.9. The van der Waals surface area contributed by atoms with Crippen LogP contribution in [0.3, 0.4) is 0 Å². The number of nitrogens with one attached hydrogen (secondary N) is 1. The van der Waals surface area contributed by atoms with Gasteiger partial charge < -0.3 is 14.6 Å². The molecule has 3 rings (SSSR count). The van der Waals surface area contributed by atoms with Gasteiger partial charge in [-0.2, -0.15) is 0 Å². The van der Waals surface area contributed by atoms with Gasteiger partial charge >= 0.3 is 12.1 Å². The van der Waals surface area contributed by atoms with Gasteiger partial charge in [0.15, 0.2) is 0 Å². The molecule has 0 aromatic heterocycles. The summed E-state index contributed by atoms with van der Waals surface area (Å²) in [6, 6.07) is 16.1. The highest BCUT2D eigenvalue weighted by Gasteiger charge is 2.29. The number of alkyl carbamates (subject to hydrolysis) is 1. The summed E-state index contributed by atoms with van der Waals surface area (Å²) >= 11 is 0. The van der Waals surface area contributed by atoms with Crippen molar-refractivity contribution >= 4 is 12.1 Å². The molecule has 2 aromatic rings. The van der Waals surface area contributed by atoms with Gasteiger partial charge in [-0.1, -0.05) is 48.5 Å². The zero-order valence-electron chi connectivity index (χ0n) is 13.8.